The highest BCUT2D eigenvalue weighted by molar-refractivity contribution is 7.89. The third-order valence-corrected chi connectivity index (χ3v) is 4.37. The summed E-state index contributed by atoms with van der Waals surface area (Å²) >= 11 is 0. The highest BCUT2D eigenvalue weighted by atomic mass is 32.2. The Morgan fingerprint density at radius 1 is 1.35 bits per heavy atom. The van der Waals surface area contributed by atoms with Crippen molar-refractivity contribution in [3.63, 3.8) is 0 Å². The van der Waals surface area contributed by atoms with Crippen LogP contribution in [0.4, 0.5) is 0 Å². The standard InChI is InChI=1S/C14H20N2O3S/c1-10(2)7-14(17)16-6-5-11-3-4-13(20(15,18)19)8-12(11)9-16/h3-4,8,10H,5-7,9H2,1-2H3,(H2,15,18,19). The van der Waals surface area contributed by atoms with Crippen molar-refractivity contribution in [3.8, 4) is 0 Å². The molecule has 0 bridgehead atoms. The lowest BCUT2D eigenvalue weighted by Gasteiger charge is -2.29. The number of primary sulfonamides is 1. The quantitative estimate of drug-likeness (QED) is 0.912. The van der Waals surface area contributed by atoms with E-state index in [1.54, 1.807) is 17.0 Å². The summed E-state index contributed by atoms with van der Waals surface area (Å²) < 4.78 is 22.8. The van der Waals surface area contributed by atoms with Crippen LogP contribution in [0.1, 0.15) is 31.4 Å². The molecule has 110 valence electrons. The van der Waals surface area contributed by atoms with Crippen LogP contribution in [-0.4, -0.2) is 25.8 Å². The van der Waals surface area contributed by atoms with Crippen LogP contribution in [0.3, 0.4) is 0 Å². The molecular formula is C14H20N2O3S. The van der Waals surface area contributed by atoms with E-state index in [2.05, 4.69) is 0 Å². The first kappa shape index (κ1) is 15.0. The van der Waals surface area contributed by atoms with E-state index in [9.17, 15) is 13.2 Å². The molecule has 1 aliphatic rings. The van der Waals surface area contributed by atoms with Crippen LogP contribution in [0, 0.1) is 5.92 Å². The molecule has 20 heavy (non-hydrogen) atoms. The van der Waals surface area contributed by atoms with Gasteiger partial charge in [-0.3, -0.25) is 4.79 Å². The fourth-order valence-electron chi connectivity index (χ4n) is 2.40. The number of fused-ring (bicyclic) bond motifs is 1. The zero-order chi connectivity index (χ0) is 14.9. The molecule has 1 heterocycles. The third kappa shape index (κ3) is 3.37. The predicted molar refractivity (Wildman–Crippen MR) is 76.4 cm³/mol. The van der Waals surface area contributed by atoms with Crippen LogP contribution >= 0.6 is 0 Å². The Hall–Kier alpha value is -1.40. The number of sulfonamides is 1. The maximum atomic E-state index is 12.1. The zero-order valence-corrected chi connectivity index (χ0v) is 12.6. The molecule has 0 spiro atoms. The molecule has 0 atom stereocenters. The van der Waals surface area contributed by atoms with Crippen LogP contribution in [0.2, 0.25) is 0 Å². The van der Waals surface area contributed by atoms with Crippen LogP contribution in [0.25, 0.3) is 0 Å². The van der Waals surface area contributed by atoms with Crippen molar-refractivity contribution >= 4 is 15.9 Å². The number of hydrogen-bond donors (Lipinski definition) is 1. The van der Waals surface area contributed by atoms with Gasteiger partial charge in [0.25, 0.3) is 0 Å². The van der Waals surface area contributed by atoms with Gasteiger partial charge < -0.3 is 4.90 Å². The van der Waals surface area contributed by atoms with E-state index in [0.717, 1.165) is 17.5 Å². The molecule has 6 heteroatoms. The van der Waals surface area contributed by atoms with Crippen molar-refractivity contribution in [2.24, 2.45) is 11.1 Å². The molecule has 0 saturated heterocycles. The van der Waals surface area contributed by atoms with Gasteiger partial charge in [-0.15, -0.1) is 0 Å². The summed E-state index contributed by atoms with van der Waals surface area (Å²) in [6.07, 6.45) is 1.27. The Balaban J connectivity index is 2.22. The van der Waals surface area contributed by atoms with Crippen molar-refractivity contribution in [2.75, 3.05) is 6.54 Å². The molecule has 1 amide bonds. The van der Waals surface area contributed by atoms with Gasteiger partial charge in [-0.1, -0.05) is 19.9 Å². The van der Waals surface area contributed by atoms with Crippen molar-refractivity contribution < 1.29 is 13.2 Å². The Bertz CT molecular complexity index is 623. The zero-order valence-electron chi connectivity index (χ0n) is 11.8. The van der Waals surface area contributed by atoms with Gasteiger partial charge in [-0.2, -0.15) is 0 Å². The van der Waals surface area contributed by atoms with E-state index in [-0.39, 0.29) is 10.8 Å². The summed E-state index contributed by atoms with van der Waals surface area (Å²) in [5.41, 5.74) is 1.96. The van der Waals surface area contributed by atoms with E-state index < -0.39 is 10.0 Å². The van der Waals surface area contributed by atoms with Gasteiger partial charge in [0, 0.05) is 19.5 Å². The Kier molecular flexibility index (Phi) is 4.15. The lowest BCUT2D eigenvalue weighted by Crippen LogP contribution is -2.36. The number of nitrogens with zero attached hydrogens (tertiary/aromatic N) is 1. The number of benzene rings is 1. The van der Waals surface area contributed by atoms with Gasteiger partial charge in [0.2, 0.25) is 15.9 Å². The fourth-order valence-corrected chi connectivity index (χ4v) is 2.97. The minimum atomic E-state index is -3.70. The number of hydrogen-bond acceptors (Lipinski definition) is 3. The van der Waals surface area contributed by atoms with Crippen LogP contribution in [0.15, 0.2) is 23.1 Å². The SMILES string of the molecule is CC(C)CC(=O)N1CCc2ccc(S(N)(=O)=O)cc2C1. The van der Waals surface area contributed by atoms with Crippen molar-refractivity contribution in [2.45, 2.75) is 38.1 Å². The van der Waals surface area contributed by atoms with Crippen molar-refractivity contribution in [3.05, 3.63) is 29.3 Å². The molecule has 2 rings (SSSR count). The minimum Gasteiger partial charge on any atom is -0.338 e. The Morgan fingerprint density at radius 3 is 2.65 bits per heavy atom. The topological polar surface area (TPSA) is 80.5 Å². The second-order valence-electron chi connectivity index (χ2n) is 5.64. The van der Waals surface area contributed by atoms with Gasteiger partial charge in [0.15, 0.2) is 0 Å². The summed E-state index contributed by atoms with van der Waals surface area (Å²) in [5, 5.41) is 5.14. The summed E-state index contributed by atoms with van der Waals surface area (Å²) in [5.74, 6) is 0.436. The predicted octanol–water partition coefficient (Wildman–Crippen LogP) is 1.26. The van der Waals surface area contributed by atoms with E-state index in [1.165, 1.54) is 6.07 Å². The van der Waals surface area contributed by atoms with Crippen LogP contribution in [-0.2, 0) is 27.8 Å². The lowest BCUT2D eigenvalue weighted by molar-refractivity contribution is -0.132. The molecule has 0 unspecified atom stereocenters. The average molecular weight is 296 g/mol. The molecule has 0 aromatic heterocycles. The number of carbonyl (C=O) groups excluding carboxylic acids is 1. The highest BCUT2D eigenvalue weighted by Crippen LogP contribution is 2.23. The molecule has 0 saturated carbocycles. The van der Waals surface area contributed by atoms with Gasteiger partial charge in [0.1, 0.15) is 0 Å². The van der Waals surface area contributed by atoms with E-state index >= 15 is 0 Å². The fraction of sp³-hybridized carbons (Fsp3) is 0.500. The minimum absolute atomic E-state index is 0.106. The maximum Gasteiger partial charge on any atom is 0.238 e. The number of amides is 1. The first-order valence-corrected chi connectivity index (χ1v) is 8.24. The normalized spacial score (nSPS) is 15.3. The summed E-state index contributed by atoms with van der Waals surface area (Å²) in [6, 6.07) is 4.90. The van der Waals surface area contributed by atoms with Crippen molar-refractivity contribution in [1.29, 1.82) is 0 Å². The summed E-state index contributed by atoms with van der Waals surface area (Å²) in [7, 11) is -3.70. The first-order chi connectivity index (χ1) is 9.27. The smallest absolute Gasteiger partial charge is 0.238 e. The molecule has 1 aromatic rings. The van der Waals surface area contributed by atoms with Crippen LogP contribution < -0.4 is 5.14 Å². The lowest BCUT2D eigenvalue weighted by atomic mass is 9.99. The van der Waals surface area contributed by atoms with Crippen molar-refractivity contribution in [1.82, 2.24) is 4.90 Å². The van der Waals surface area contributed by atoms with Gasteiger partial charge >= 0.3 is 0 Å². The second-order valence-corrected chi connectivity index (χ2v) is 7.20. The van der Waals surface area contributed by atoms with Gasteiger partial charge in [-0.05, 0) is 35.6 Å². The number of rotatable bonds is 3. The van der Waals surface area contributed by atoms with E-state index in [0.29, 0.717) is 25.4 Å². The average Bonchev–Trinajstić information content (AvgIpc) is 2.35. The largest absolute Gasteiger partial charge is 0.338 e. The summed E-state index contributed by atoms with van der Waals surface area (Å²) in [4.78, 5) is 14.0. The third-order valence-electron chi connectivity index (χ3n) is 3.45. The molecule has 2 N–H and O–H groups in total. The Labute approximate surface area is 119 Å². The Morgan fingerprint density at radius 2 is 2.05 bits per heavy atom. The highest BCUT2D eigenvalue weighted by Gasteiger charge is 2.22. The first-order valence-electron chi connectivity index (χ1n) is 6.69. The van der Waals surface area contributed by atoms with E-state index in [4.69, 9.17) is 5.14 Å². The van der Waals surface area contributed by atoms with Crippen LogP contribution in [0.5, 0.6) is 0 Å². The van der Waals surface area contributed by atoms with Gasteiger partial charge in [0.05, 0.1) is 4.90 Å². The molecule has 0 aliphatic carbocycles. The van der Waals surface area contributed by atoms with E-state index in [1.807, 2.05) is 13.8 Å². The number of nitrogens with two attached hydrogens (primary N) is 1. The molecule has 1 aromatic carbocycles. The molecule has 1 aliphatic heterocycles. The molecular weight excluding hydrogens is 276 g/mol. The number of carbonyl (C=O) groups is 1. The molecule has 5 nitrogen and oxygen atoms in total. The summed E-state index contributed by atoms with van der Waals surface area (Å²) in [6.45, 7) is 5.17. The van der Waals surface area contributed by atoms with Gasteiger partial charge in [-0.25, -0.2) is 13.6 Å². The maximum absolute atomic E-state index is 12.1. The molecule has 0 radical (unpaired) electrons. The molecule has 0 fully saturated rings. The second kappa shape index (κ2) is 5.54. The monoisotopic (exact) mass is 296 g/mol.